The van der Waals surface area contributed by atoms with Crippen molar-refractivity contribution in [3.8, 4) is 0 Å². The molecule has 1 saturated heterocycles. The van der Waals surface area contributed by atoms with Crippen LogP contribution in [0.5, 0.6) is 0 Å². The normalized spacial score (nSPS) is 38.0. The molecule has 1 aliphatic heterocycles. The molecule has 2 aliphatic rings. The highest BCUT2D eigenvalue weighted by Crippen LogP contribution is 2.48. The molecule has 0 aromatic heterocycles. The van der Waals surface area contributed by atoms with E-state index < -0.39 is 0 Å². The fraction of sp³-hybridized carbons (Fsp3) is 1.00. The highest BCUT2D eigenvalue weighted by molar-refractivity contribution is 4.93. The summed E-state index contributed by atoms with van der Waals surface area (Å²) in [6.07, 6.45) is 11.8. The zero-order valence-electron chi connectivity index (χ0n) is 12.8. The van der Waals surface area contributed by atoms with Crippen LogP contribution < -0.4 is 5.32 Å². The van der Waals surface area contributed by atoms with Crippen molar-refractivity contribution in [2.24, 2.45) is 23.2 Å². The van der Waals surface area contributed by atoms with Crippen LogP contribution in [0.15, 0.2) is 0 Å². The molecule has 2 fully saturated rings. The van der Waals surface area contributed by atoms with E-state index in [1.165, 1.54) is 64.5 Å². The second-order valence-corrected chi connectivity index (χ2v) is 7.35. The molecule has 1 spiro atoms. The van der Waals surface area contributed by atoms with Crippen LogP contribution in [0.4, 0.5) is 0 Å². The maximum absolute atomic E-state index is 3.66. The average molecular weight is 251 g/mol. The van der Waals surface area contributed by atoms with Crippen molar-refractivity contribution in [1.82, 2.24) is 5.32 Å². The first-order valence-corrected chi connectivity index (χ1v) is 8.37. The standard InChI is InChI=1S/C17H33N/c1-4-15-6-5-8-17(9-7-15)10-11-18-13-16(17)12-14(2)3/h14-16,18H,4-13H2,1-3H3. The SMILES string of the molecule is CCC1CCCC2(CCNCC2CC(C)C)CC1. The molecule has 106 valence electrons. The lowest BCUT2D eigenvalue weighted by Gasteiger charge is -2.45. The van der Waals surface area contributed by atoms with Gasteiger partial charge in [-0.2, -0.15) is 0 Å². The van der Waals surface area contributed by atoms with Crippen LogP contribution in [0.25, 0.3) is 0 Å². The Morgan fingerprint density at radius 2 is 2.00 bits per heavy atom. The number of nitrogens with one attached hydrogen (secondary N) is 1. The Morgan fingerprint density at radius 1 is 1.17 bits per heavy atom. The molecule has 1 N–H and O–H groups in total. The smallest absolute Gasteiger partial charge is 0.00151 e. The molecule has 0 bridgehead atoms. The first-order valence-electron chi connectivity index (χ1n) is 8.37. The molecule has 1 nitrogen and oxygen atoms in total. The van der Waals surface area contributed by atoms with E-state index in [-0.39, 0.29) is 0 Å². The summed E-state index contributed by atoms with van der Waals surface area (Å²) in [6, 6.07) is 0. The summed E-state index contributed by atoms with van der Waals surface area (Å²) in [4.78, 5) is 0. The first-order chi connectivity index (χ1) is 8.66. The fourth-order valence-corrected chi connectivity index (χ4v) is 4.51. The van der Waals surface area contributed by atoms with Gasteiger partial charge in [0.25, 0.3) is 0 Å². The quantitative estimate of drug-likeness (QED) is 0.772. The molecule has 1 heteroatoms. The Balaban J connectivity index is 2.05. The van der Waals surface area contributed by atoms with Crippen LogP contribution in [0.3, 0.4) is 0 Å². The number of hydrogen-bond donors (Lipinski definition) is 1. The van der Waals surface area contributed by atoms with Crippen LogP contribution >= 0.6 is 0 Å². The third-order valence-electron chi connectivity index (χ3n) is 5.73. The average Bonchev–Trinajstić information content (AvgIpc) is 2.55. The molecule has 0 aromatic rings. The minimum atomic E-state index is 0.708. The molecular formula is C17H33N. The van der Waals surface area contributed by atoms with Crippen molar-refractivity contribution in [3.63, 3.8) is 0 Å². The maximum atomic E-state index is 3.66. The highest BCUT2D eigenvalue weighted by atomic mass is 14.9. The van der Waals surface area contributed by atoms with E-state index in [2.05, 4.69) is 26.1 Å². The Hall–Kier alpha value is -0.0400. The monoisotopic (exact) mass is 251 g/mol. The number of rotatable bonds is 3. The van der Waals surface area contributed by atoms with Gasteiger partial charge in [-0.25, -0.2) is 0 Å². The minimum absolute atomic E-state index is 0.708. The molecule has 0 aromatic carbocycles. The third kappa shape index (κ3) is 3.29. The number of piperidine rings is 1. The summed E-state index contributed by atoms with van der Waals surface area (Å²) in [5, 5.41) is 3.66. The summed E-state index contributed by atoms with van der Waals surface area (Å²) in [5.41, 5.74) is 0.708. The van der Waals surface area contributed by atoms with Gasteiger partial charge in [0, 0.05) is 0 Å². The lowest BCUT2D eigenvalue weighted by Crippen LogP contribution is -2.45. The molecule has 1 heterocycles. The van der Waals surface area contributed by atoms with Gasteiger partial charge in [-0.3, -0.25) is 0 Å². The second-order valence-electron chi connectivity index (χ2n) is 7.35. The Bertz CT molecular complexity index is 248. The van der Waals surface area contributed by atoms with Crippen LogP contribution in [-0.4, -0.2) is 13.1 Å². The van der Waals surface area contributed by atoms with Crippen LogP contribution in [-0.2, 0) is 0 Å². The summed E-state index contributed by atoms with van der Waals surface area (Å²) in [6.45, 7) is 9.73. The third-order valence-corrected chi connectivity index (χ3v) is 5.73. The first kappa shape index (κ1) is 14.4. The van der Waals surface area contributed by atoms with Gasteiger partial charge < -0.3 is 5.32 Å². The zero-order chi connectivity index (χ0) is 13.0. The van der Waals surface area contributed by atoms with Gasteiger partial charge >= 0.3 is 0 Å². The molecule has 3 unspecified atom stereocenters. The summed E-state index contributed by atoms with van der Waals surface area (Å²) in [5.74, 6) is 2.83. The predicted molar refractivity (Wildman–Crippen MR) is 79.7 cm³/mol. The molecule has 3 atom stereocenters. The van der Waals surface area contributed by atoms with Crippen molar-refractivity contribution in [2.75, 3.05) is 13.1 Å². The Morgan fingerprint density at radius 3 is 2.72 bits per heavy atom. The number of hydrogen-bond acceptors (Lipinski definition) is 1. The molecule has 1 saturated carbocycles. The van der Waals surface area contributed by atoms with Crippen molar-refractivity contribution in [1.29, 1.82) is 0 Å². The molecule has 18 heavy (non-hydrogen) atoms. The largest absolute Gasteiger partial charge is 0.316 e. The van der Waals surface area contributed by atoms with Gasteiger partial charge in [0.05, 0.1) is 0 Å². The zero-order valence-corrected chi connectivity index (χ0v) is 12.8. The molecule has 0 amide bonds. The highest BCUT2D eigenvalue weighted by Gasteiger charge is 2.41. The molecule has 2 rings (SSSR count). The van der Waals surface area contributed by atoms with Gasteiger partial charge in [-0.1, -0.05) is 40.0 Å². The van der Waals surface area contributed by atoms with E-state index in [0.29, 0.717) is 5.41 Å². The topological polar surface area (TPSA) is 12.0 Å². The maximum Gasteiger partial charge on any atom is -0.00151 e. The predicted octanol–water partition coefficient (Wildman–Crippen LogP) is 4.62. The van der Waals surface area contributed by atoms with E-state index >= 15 is 0 Å². The fourth-order valence-electron chi connectivity index (χ4n) is 4.51. The summed E-state index contributed by atoms with van der Waals surface area (Å²) < 4.78 is 0. The van der Waals surface area contributed by atoms with Crippen molar-refractivity contribution in [2.45, 2.75) is 72.1 Å². The van der Waals surface area contributed by atoms with Crippen molar-refractivity contribution < 1.29 is 0 Å². The van der Waals surface area contributed by atoms with Gasteiger partial charge in [0.15, 0.2) is 0 Å². The van der Waals surface area contributed by atoms with Crippen molar-refractivity contribution >= 4 is 0 Å². The van der Waals surface area contributed by atoms with Crippen LogP contribution in [0.2, 0.25) is 0 Å². The van der Waals surface area contributed by atoms with Gasteiger partial charge in [0.2, 0.25) is 0 Å². The molecule has 1 aliphatic carbocycles. The van der Waals surface area contributed by atoms with Crippen LogP contribution in [0.1, 0.15) is 72.1 Å². The molecular weight excluding hydrogens is 218 g/mol. The minimum Gasteiger partial charge on any atom is -0.316 e. The van der Waals surface area contributed by atoms with E-state index in [0.717, 1.165) is 17.8 Å². The summed E-state index contributed by atoms with van der Waals surface area (Å²) >= 11 is 0. The van der Waals surface area contributed by atoms with E-state index in [9.17, 15) is 0 Å². The van der Waals surface area contributed by atoms with E-state index in [1.807, 2.05) is 0 Å². The van der Waals surface area contributed by atoms with Gasteiger partial charge in [0.1, 0.15) is 0 Å². The summed E-state index contributed by atoms with van der Waals surface area (Å²) in [7, 11) is 0. The van der Waals surface area contributed by atoms with E-state index in [1.54, 1.807) is 0 Å². The van der Waals surface area contributed by atoms with Gasteiger partial charge in [-0.15, -0.1) is 0 Å². The van der Waals surface area contributed by atoms with Gasteiger partial charge in [-0.05, 0) is 68.4 Å². The lowest BCUT2D eigenvalue weighted by atomic mass is 9.63. The van der Waals surface area contributed by atoms with Crippen molar-refractivity contribution in [3.05, 3.63) is 0 Å². The Labute approximate surface area is 114 Å². The van der Waals surface area contributed by atoms with Crippen LogP contribution in [0, 0.1) is 23.2 Å². The molecule has 0 radical (unpaired) electrons. The Kier molecular flexibility index (Phi) is 5.12. The lowest BCUT2D eigenvalue weighted by molar-refractivity contribution is 0.0693. The van der Waals surface area contributed by atoms with E-state index in [4.69, 9.17) is 0 Å². The second kappa shape index (κ2) is 6.41.